The lowest BCUT2D eigenvalue weighted by molar-refractivity contribution is 0.101. The van der Waals surface area contributed by atoms with Gasteiger partial charge in [-0.1, -0.05) is 17.8 Å². The van der Waals surface area contributed by atoms with Gasteiger partial charge in [0.1, 0.15) is 5.82 Å². The van der Waals surface area contributed by atoms with Crippen molar-refractivity contribution in [1.29, 1.82) is 0 Å². The first-order valence-electron chi connectivity index (χ1n) is 4.97. The monoisotopic (exact) mass is 267 g/mol. The van der Waals surface area contributed by atoms with Crippen LogP contribution in [-0.4, -0.2) is 10.8 Å². The molecule has 2 nitrogen and oxygen atoms in total. The van der Waals surface area contributed by atoms with Crippen LogP contribution in [0.5, 0.6) is 0 Å². The number of carbonyl (C=O) groups excluding carboxylic acids is 1. The second-order valence-corrected chi connectivity index (χ2v) is 5.71. The van der Waals surface area contributed by atoms with Crippen LogP contribution in [0.1, 0.15) is 23.0 Å². The van der Waals surface area contributed by atoms with Gasteiger partial charge in [-0.3, -0.25) is 4.79 Å². The summed E-state index contributed by atoms with van der Waals surface area (Å²) in [5.74, 6) is -0.513. The first-order valence-corrected chi connectivity index (χ1v) is 6.66. The highest BCUT2D eigenvalue weighted by molar-refractivity contribution is 8.01. The Labute approximate surface area is 107 Å². The van der Waals surface area contributed by atoms with Gasteiger partial charge in [-0.05, 0) is 26.0 Å². The number of aromatic nitrogens is 1. The quantitative estimate of drug-likeness (QED) is 0.789. The lowest BCUT2D eigenvalue weighted by Crippen LogP contribution is -1.93. The lowest BCUT2D eigenvalue weighted by atomic mass is 10.1. The molecule has 0 saturated carbocycles. The molecule has 0 radical (unpaired) electrons. The van der Waals surface area contributed by atoms with E-state index in [-0.39, 0.29) is 11.6 Å². The van der Waals surface area contributed by atoms with Crippen LogP contribution in [0, 0.1) is 12.7 Å². The van der Waals surface area contributed by atoms with E-state index in [4.69, 9.17) is 0 Å². The normalized spacial score (nSPS) is 10.5. The fraction of sp³-hybridized carbons (Fsp3) is 0.167. The second-order valence-electron chi connectivity index (χ2n) is 3.56. The number of ketones is 1. The fourth-order valence-electron chi connectivity index (χ4n) is 1.28. The Balaban J connectivity index is 2.25. The summed E-state index contributed by atoms with van der Waals surface area (Å²) in [6.07, 6.45) is 0. The summed E-state index contributed by atoms with van der Waals surface area (Å²) in [5.41, 5.74) is 1.32. The van der Waals surface area contributed by atoms with Gasteiger partial charge in [0, 0.05) is 16.6 Å². The largest absolute Gasteiger partial charge is 0.295 e. The zero-order chi connectivity index (χ0) is 12.4. The van der Waals surface area contributed by atoms with E-state index in [2.05, 4.69) is 4.98 Å². The van der Waals surface area contributed by atoms with Crippen LogP contribution in [0.4, 0.5) is 4.39 Å². The maximum Gasteiger partial charge on any atom is 0.159 e. The molecule has 1 aromatic carbocycles. The molecule has 0 aliphatic rings. The number of carbonyl (C=O) groups is 1. The van der Waals surface area contributed by atoms with Crippen LogP contribution in [0.2, 0.25) is 0 Å². The highest BCUT2D eigenvalue weighted by Gasteiger charge is 2.09. The summed E-state index contributed by atoms with van der Waals surface area (Å²) in [5, 5.41) is 1.92. The molecular weight excluding hydrogens is 257 g/mol. The summed E-state index contributed by atoms with van der Waals surface area (Å²) < 4.78 is 14.5. The van der Waals surface area contributed by atoms with Crippen molar-refractivity contribution in [3.05, 3.63) is 40.7 Å². The van der Waals surface area contributed by atoms with Gasteiger partial charge in [-0.25, -0.2) is 9.37 Å². The average molecular weight is 267 g/mol. The van der Waals surface area contributed by atoms with Gasteiger partial charge in [0.2, 0.25) is 0 Å². The number of thiazole rings is 1. The molecule has 0 fully saturated rings. The lowest BCUT2D eigenvalue weighted by Gasteiger charge is -2.02. The van der Waals surface area contributed by atoms with Crippen LogP contribution in [0.3, 0.4) is 0 Å². The van der Waals surface area contributed by atoms with Crippen LogP contribution in [0.25, 0.3) is 0 Å². The molecule has 0 unspecified atom stereocenters. The summed E-state index contributed by atoms with van der Waals surface area (Å²) >= 11 is 2.76. The number of rotatable bonds is 3. The van der Waals surface area contributed by atoms with Gasteiger partial charge in [-0.15, -0.1) is 11.3 Å². The Bertz CT molecular complexity index is 565. The van der Waals surface area contributed by atoms with Gasteiger partial charge < -0.3 is 0 Å². The van der Waals surface area contributed by atoms with Gasteiger partial charge in [-0.2, -0.15) is 0 Å². The number of halogens is 1. The summed E-state index contributed by atoms with van der Waals surface area (Å²) in [7, 11) is 0. The Morgan fingerprint density at radius 1 is 1.47 bits per heavy atom. The van der Waals surface area contributed by atoms with Crippen LogP contribution in [0.15, 0.2) is 32.8 Å². The number of nitrogens with zero attached hydrogens (tertiary/aromatic N) is 1. The molecule has 1 aromatic heterocycles. The molecule has 88 valence electrons. The third kappa shape index (κ3) is 2.92. The first-order chi connectivity index (χ1) is 8.06. The van der Waals surface area contributed by atoms with Crippen molar-refractivity contribution in [2.45, 2.75) is 23.1 Å². The Kier molecular flexibility index (Phi) is 3.59. The van der Waals surface area contributed by atoms with E-state index in [1.807, 2.05) is 12.3 Å². The summed E-state index contributed by atoms with van der Waals surface area (Å²) in [4.78, 5) is 15.8. The molecule has 0 N–H and O–H groups in total. The van der Waals surface area contributed by atoms with Crippen molar-refractivity contribution in [1.82, 2.24) is 4.98 Å². The van der Waals surface area contributed by atoms with Crippen molar-refractivity contribution in [2.24, 2.45) is 0 Å². The number of hydrogen-bond donors (Lipinski definition) is 0. The number of hydrogen-bond acceptors (Lipinski definition) is 4. The maximum absolute atomic E-state index is 13.7. The highest BCUT2D eigenvalue weighted by atomic mass is 32.2. The Morgan fingerprint density at radius 2 is 2.24 bits per heavy atom. The van der Waals surface area contributed by atoms with E-state index in [1.54, 1.807) is 12.1 Å². The highest BCUT2D eigenvalue weighted by Crippen LogP contribution is 2.32. The molecule has 5 heteroatoms. The summed E-state index contributed by atoms with van der Waals surface area (Å²) in [6.45, 7) is 3.32. The maximum atomic E-state index is 13.7. The van der Waals surface area contributed by atoms with Crippen LogP contribution in [-0.2, 0) is 0 Å². The van der Waals surface area contributed by atoms with Crippen molar-refractivity contribution >= 4 is 28.9 Å². The van der Waals surface area contributed by atoms with Crippen molar-refractivity contribution in [3.8, 4) is 0 Å². The molecule has 0 aliphatic heterocycles. The molecule has 0 aliphatic carbocycles. The molecule has 0 bridgehead atoms. The van der Waals surface area contributed by atoms with E-state index >= 15 is 0 Å². The molecule has 0 saturated heterocycles. The zero-order valence-electron chi connectivity index (χ0n) is 9.36. The van der Waals surface area contributed by atoms with E-state index in [9.17, 15) is 9.18 Å². The topological polar surface area (TPSA) is 30.0 Å². The first kappa shape index (κ1) is 12.3. The minimum Gasteiger partial charge on any atom is -0.295 e. The van der Waals surface area contributed by atoms with Crippen molar-refractivity contribution < 1.29 is 9.18 Å². The predicted octanol–water partition coefficient (Wildman–Crippen LogP) is 3.94. The van der Waals surface area contributed by atoms with Gasteiger partial charge in [0.25, 0.3) is 0 Å². The van der Waals surface area contributed by atoms with E-state index in [1.165, 1.54) is 36.1 Å². The van der Waals surface area contributed by atoms with Gasteiger partial charge in [0.15, 0.2) is 10.1 Å². The minimum atomic E-state index is -0.379. The van der Waals surface area contributed by atoms with E-state index < -0.39 is 0 Å². The molecule has 0 atom stereocenters. The Morgan fingerprint density at radius 3 is 2.76 bits per heavy atom. The SMILES string of the molecule is CC(=O)c1ccc(Sc2nc(C)cs2)c(F)c1. The Hall–Kier alpha value is -1.20. The second kappa shape index (κ2) is 4.98. The van der Waals surface area contributed by atoms with Gasteiger partial charge in [0.05, 0.1) is 4.90 Å². The third-order valence-corrected chi connectivity index (χ3v) is 4.24. The molecule has 2 aromatic rings. The molecule has 0 amide bonds. The van der Waals surface area contributed by atoms with Gasteiger partial charge >= 0.3 is 0 Å². The smallest absolute Gasteiger partial charge is 0.159 e. The zero-order valence-corrected chi connectivity index (χ0v) is 11.0. The number of Topliss-reactive ketones (excluding diaryl/α,β-unsaturated/α-hetero) is 1. The van der Waals surface area contributed by atoms with Crippen molar-refractivity contribution in [3.63, 3.8) is 0 Å². The minimum absolute atomic E-state index is 0.134. The van der Waals surface area contributed by atoms with E-state index in [0.717, 1.165) is 10.0 Å². The van der Waals surface area contributed by atoms with Crippen molar-refractivity contribution in [2.75, 3.05) is 0 Å². The molecule has 1 heterocycles. The molecule has 0 spiro atoms. The van der Waals surface area contributed by atoms with Crippen LogP contribution < -0.4 is 0 Å². The molecule has 2 rings (SSSR count). The third-order valence-electron chi connectivity index (χ3n) is 2.13. The van der Waals surface area contributed by atoms with Crippen LogP contribution >= 0.6 is 23.1 Å². The molecule has 17 heavy (non-hydrogen) atoms. The fourth-order valence-corrected chi connectivity index (χ4v) is 3.07. The number of benzene rings is 1. The predicted molar refractivity (Wildman–Crippen MR) is 67.4 cm³/mol. The number of aryl methyl sites for hydroxylation is 1. The summed E-state index contributed by atoms with van der Waals surface area (Å²) in [6, 6.07) is 4.52. The standard InChI is InChI=1S/C12H10FNOS2/c1-7-6-16-12(14-7)17-11-4-3-9(8(2)15)5-10(11)13/h3-6H,1-2H3. The van der Waals surface area contributed by atoms with E-state index in [0.29, 0.717) is 10.5 Å². The average Bonchev–Trinajstić information content (AvgIpc) is 2.67. The molecular formula is C12H10FNOS2.